The first-order chi connectivity index (χ1) is 10.2. The summed E-state index contributed by atoms with van der Waals surface area (Å²) in [6.45, 7) is 3.40. The molecule has 3 N–H and O–H groups in total. The zero-order valence-electron chi connectivity index (χ0n) is 12.3. The van der Waals surface area contributed by atoms with E-state index in [-0.39, 0.29) is 0 Å². The number of nitrogens with two attached hydrogens (primary N) is 1. The lowest BCUT2D eigenvalue weighted by atomic mass is 10.2. The summed E-state index contributed by atoms with van der Waals surface area (Å²) in [6.07, 6.45) is 1.70. The van der Waals surface area contributed by atoms with Gasteiger partial charge in [-0.05, 0) is 18.6 Å². The number of nitrogens with one attached hydrogen (secondary N) is 1. The van der Waals surface area contributed by atoms with Crippen LogP contribution < -0.4 is 20.5 Å². The molecule has 0 radical (unpaired) electrons. The molecule has 0 saturated carbocycles. The normalized spacial score (nSPS) is 13.8. The van der Waals surface area contributed by atoms with Gasteiger partial charge in [-0.1, -0.05) is 6.92 Å². The predicted molar refractivity (Wildman–Crippen MR) is 82.3 cm³/mol. The number of ether oxygens (including phenoxy) is 2. The Kier molecular flexibility index (Phi) is 3.60. The largest absolute Gasteiger partial charge is 0.490 e. The van der Waals surface area contributed by atoms with Crippen LogP contribution in [0.1, 0.15) is 19.0 Å². The second-order valence-corrected chi connectivity index (χ2v) is 5.02. The lowest BCUT2D eigenvalue weighted by Crippen LogP contribution is -2.02. The first-order valence-corrected chi connectivity index (χ1v) is 7.17. The van der Waals surface area contributed by atoms with Crippen LogP contribution in [0.2, 0.25) is 0 Å². The Labute approximate surface area is 123 Å². The standard InChI is InChI=1S/C15H20N4O2/c1-3-11-14(16)15(19(2)18-11)17-10-5-6-12-13(9-10)21-8-4-7-20-12/h5-6,9,17H,3-4,7-8,16H2,1-2H3. The molecule has 6 heteroatoms. The summed E-state index contributed by atoms with van der Waals surface area (Å²) in [4.78, 5) is 0. The van der Waals surface area contributed by atoms with Crippen molar-refractivity contribution in [3.05, 3.63) is 23.9 Å². The molecule has 6 nitrogen and oxygen atoms in total. The van der Waals surface area contributed by atoms with Gasteiger partial charge in [-0.2, -0.15) is 5.10 Å². The number of aromatic nitrogens is 2. The van der Waals surface area contributed by atoms with Gasteiger partial charge in [0.2, 0.25) is 0 Å². The van der Waals surface area contributed by atoms with Crippen LogP contribution in [0.3, 0.4) is 0 Å². The molecule has 0 bridgehead atoms. The molecule has 112 valence electrons. The number of rotatable bonds is 3. The van der Waals surface area contributed by atoms with Crippen LogP contribution in [0.25, 0.3) is 0 Å². The Morgan fingerprint density at radius 2 is 2.05 bits per heavy atom. The van der Waals surface area contributed by atoms with Crippen molar-refractivity contribution in [3.63, 3.8) is 0 Å². The quantitative estimate of drug-likeness (QED) is 0.907. The van der Waals surface area contributed by atoms with Gasteiger partial charge in [0.1, 0.15) is 0 Å². The fraction of sp³-hybridized carbons (Fsp3) is 0.400. The Morgan fingerprint density at radius 3 is 2.76 bits per heavy atom. The van der Waals surface area contributed by atoms with Gasteiger partial charge in [0.05, 0.1) is 24.6 Å². The number of benzene rings is 1. The predicted octanol–water partition coefficient (Wildman–Crippen LogP) is 2.47. The van der Waals surface area contributed by atoms with Crippen molar-refractivity contribution in [1.82, 2.24) is 9.78 Å². The van der Waals surface area contributed by atoms with E-state index in [1.165, 1.54) is 0 Å². The molecule has 0 spiro atoms. The van der Waals surface area contributed by atoms with E-state index in [2.05, 4.69) is 10.4 Å². The summed E-state index contributed by atoms with van der Waals surface area (Å²) in [7, 11) is 1.88. The Morgan fingerprint density at radius 1 is 1.29 bits per heavy atom. The third kappa shape index (κ3) is 2.61. The molecule has 1 aromatic heterocycles. The summed E-state index contributed by atoms with van der Waals surface area (Å²) in [5, 5.41) is 7.71. The highest BCUT2D eigenvalue weighted by molar-refractivity contribution is 5.72. The molecule has 1 aromatic carbocycles. The number of nitrogens with zero attached hydrogens (tertiary/aromatic N) is 2. The molecule has 3 rings (SSSR count). The van der Waals surface area contributed by atoms with Gasteiger partial charge in [-0.25, -0.2) is 0 Å². The number of anilines is 3. The van der Waals surface area contributed by atoms with Crippen molar-refractivity contribution >= 4 is 17.2 Å². The number of hydrogen-bond acceptors (Lipinski definition) is 5. The van der Waals surface area contributed by atoms with Gasteiger partial charge < -0.3 is 20.5 Å². The third-order valence-electron chi connectivity index (χ3n) is 3.51. The maximum absolute atomic E-state index is 6.12. The van der Waals surface area contributed by atoms with Gasteiger partial charge in [0.15, 0.2) is 17.3 Å². The summed E-state index contributed by atoms with van der Waals surface area (Å²) in [5.41, 5.74) is 8.61. The van der Waals surface area contributed by atoms with Gasteiger partial charge in [0, 0.05) is 25.2 Å². The first kappa shape index (κ1) is 13.6. The molecule has 21 heavy (non-hydrogen) atoms. The van der Waals surface area contributed by atoms with Crippen LogP contribution in [0, 0.1) is 0 Å². The van der Waals surface area contributed by atoms with Crippen molar-refractivity contribution < 1.29 is 9.47 Å². The zero-order valence-corrected chi connectivity index (χ0v) is 12.3. The van der Waals surface area contributed by atoms with E-state index in [0.29, 0.717) is 18.9 Å². The molecular formula is C15H20N4O2. The van der Waals surface area contributed by atoms with E-state index in [0.717, 1.165) is 41.5 Å². The minimum absolute atomic E-state index is 0.671. The maximum Gasteiger partial charge on any atom is 0.163 e. The third-order valence-corrected chi connectivity index (χ3v) is 3.51. The van der Waals surface area contributed by atoms with Crippen LogP contribution in [0.4, 0.5) is 17.2 Å². The lowest BCUT2D eigenvalue weighted by Gasteiger charge is -2.11. The van der Waals surface area contributed by atoms with Crippen LogP contribution in [0.5, 0.6) is 11.5 Å². The van der Waals surface area contributed by atoms with E-state index in [9.17, 15) is 0 Å². The monoisotopic (exact) mass is 288 g/mol. The van der Waals surface area contributed by atoms with Crippen molar-refractivity contribution in [1.29, 1.82) is 0 Å². The van der Waals surface area contributed by atoms with E-state index in [4.69, 9.17) is 15.2 Å². The van der Waals surface area contributed by atoms with Crippen molar-refractivity contribution in [2.75, 3.05) is 24.3 Å². The first-order valence-electron chi connectivity index (χ1n) is 7.17. The molecule has 1 aliphatic heterocycles. The minimum atomic E-state index is 0.671. The number of hydrogen-bond donors (Lipinski definition) is 2. The Hall–Kier alpha value is -2.37. The maximum atomic E-state index is 6.12. The fourth-order valence-electron chi connectivity index (χ4n) is 2.38. The highest BCUT2D eigenvalue weighted by atomic mass is 16.5. The molecule has 1 aliphatic rings. The molecular weight excluding hydrogens is 268 g/mol. The van der Waals surface area contributed by atoms with E-state index in [1.807, 2.05) is 32.2 Å². The van der Waals surface area contributed by atoms with Crippen LogP contribution in [-0.4, -0.2) is 23.0 Å². The van der Waals surface area contributed by atoms with E-state index >= 15 is 0 Å². The second kappa shape index (κ2) is 5.55. The van der Waals surface area contributed by atoms with Crippen molar-refractivity contribution in [2.24, 2.45) is 7.05 Å². The molecule has 0 amide bonds. The van der Waals surface area contributed by atoms with Crippen molar-refractivity contribution in [2.45, 2.75) is 19.8 Å². The Bertz CT molecular complexity index is 651. The SMILES string of the molecule is CCc1nn(C)c(Nc2ccc3c(c2)OCCCO3)c1N. The van der Waals surface area contributed by atoms with Gasteiger partial charge in [0.25, 0.3) is 0 Å². The average molecular weight is 288 g/mol. The molecule has 0 saturated heterocycles. The topological polar surface area (TPSA) is 74.3 Å². The number of nitrogen functional groups attached to an aromatic ring is 1. The minimum Gasteiger partial charge on any atom is -0.490 e. The Balaban J connectivity index is 1.88. The van der Waals surface area contributed by atoms with Crippen molar-refractivity contribution in [3.8, 4) is 11.5 Å². The lowest BCUT2D eigenvalue weighted by molar-refractivity contribution is 0.297. The summed E-state index contributed by atoms with van der Waals surface area (Å²) in [6, 6.07) is 5.79. The number of aryl methyl sites for hydroxylation is 2. The number of fused-ring (bicyclic) bond motifs is 1. The molecule has 0 fully saturated rings. The highest BCUT2D eigenvalue weighted by Gasteiger charge is 2.14. The second-order valence-electron chi connectivity index (χ2n) is 5.02. The average Bonchev–Trinajstić information content (AvgIpc) is 2.68. The van der Waals surface area contributed by atoms with E-state index < -0.39 is 0 Å². The molecule has 0 aliphatic carbocycles. The van der Waals surface area contributed by atoms with E-state index in [1.54, 1.807) is 4.68 Å². The molecule has 0 atom stereocenters. The summed E-state index contributed by atoms with van der Waals surface area (Å²) < 4.78 is 13.1. The summed E-state index contributed by atoms with van der Waals surface area (Å²) in [5.74, 6) is 2.33. The zero-order chi connectivity index (χ0) is 14.8. The highest BCUT2D eigenvalue weighted by Crippen LogP contribution is 2.34. The van der Waals surface area contributed by atoms with Gasteiger partial charge >= 0.3 is 0 Å². The van der Waals surface area contributed by atoms with Gasteiger partial charge in [-0.3, -0.25) is 4.68 Å². The molecule has 2 heterocycles. The smallest absolute Gasteiger partial charge is 0.163 e. The van der Waals surface area contributed by atoms with Crippen LogP contribution >= 0.6 is 0 Å². The van der Waals surface area contributed by atoms with Crippen LogP contribution in [-0.2, 0) is 13.5 Å². The molecule has 2 aromatic rings. The molecule has 0 unspecified atom stereocenters. The summed E-state index contributed by atoms with van der Waals surface area (Å²) >= 11 is 0. The van der Waals surface area contributed by atoms with Crippen LogP contribution in [0.15, 0.2) is 18.2 Å². The fourth-order valence-corrected chi connectivity index (χ4v) is 2.38. The van der Waals surface area contributed by atoms with Gasteiger partial charge in [-0.15, -0.1) is 0 Å².